The number of hydrogen-bond donors (Lipinski definition) is 3. The van der Waals surface area contributed by atoms with Gasteiger partial charge in [0, 0.05) is 23.7 Å². The zero-order chi connectivity index (χ0) is 32.2. The lowest BCUT2D eigenvalue weighted by molar-refractivity contribution is 0.00940. The topological polar surface area (TPSA) is 120 Å². The lowest BCUT2D eigenvalue weighted by Crippen LogP contribution is -2.59. The maximum Gasteiger partial charge on any atom is 0.408 e. The van der Waals surface area contributed by atoms with E-state index in [9.17, 15) is 24.9 Å². The Bertz CT molecular complexity index is 1480. The van der Waals surface area contributed by atoms with Crippen molar-refractivity contribution in [1.82, 2.24) is 4.90 Å². The van der Waals surface area contributed by atoms with Crippen LogP contribution in [0.1, 0.15) is 74.0 Å². The third-order valence-electron chi connectivity index (χ3n) is 8.12. The van der Waals surface area contributed by atoms with E-state index in [-0.39, 0.29) is 37.3 Å². The van der Waals surface area contributed by atoms with Crippen LogP contribution in [0.5, 0.6) is 17.2 Å². The van der Waals surface area contributed by atoms with Crippen LogP contribution in [0.2, 0.25) is 0 Å². The number of phenolic OH excluding ortho intramolecular Hbond substituents is 1. The van der Waals surface area contributed by atoms with Crippen LogP contribution >= 0.6 is 0 Å². The molecule has 0 saturated heterocycles. The van der Waals surface area contributed by atoms with E-state index in [4.69, 9.17) is 9.47 Å². The van der Waals surface area contributed by atoms with Crippen LogP contribution in [-0.2, 0) is 12.8 Å². The highest BCUT2D eigenvalue weighted by Gasteiger charge is 2.39. The molecule has 1 atom stereocenters. The second-order valence-corrected chi connectivity index (χ2v) is 12.9. The van der Waals surface area contributed by atoms with Crippen molar-refractivity contribution < 1.29 is 34.4 Å². The first-order chi connectivity index (χ1) is 20.7. The summed E-state index contributed by atoms with van der Waals surface area (Å²) in [5, 5.41) is 29.7. The van der Waals surface area contributed by atoms with Gasteiger partial charge >= 0.3 is 6.09 Å². The molecule has 3 aromatic carbocycles. The molecule has 9 heteroatoms. The second kappa shape index (κ2) is 13.2. The minimum atomic E-state index is -1.02. The van der Waals surface area contributed by atoms with Crippen molar-refractivity contribution in [2.75, 3.05) is 31.8 Å². The van der Waals surface area contributed by atoms with Crippen molar-refractivity contribution in [3.8, 4) is 17.2 Å². The number of anilines is 1. The number of nitrogens with zero attached hydrogens (tertiary/aromatic N) is 2. The molecular weight excluding hydrogens is 560 g/mol. The molecule has 0 bridgehead atoms. The molecule has 3 aromatic rings. The number of aromatic hydroxyl groups is 1. The molecule has 2 amide bonds. The standard InChI is InChI=1S/C35H44N2O7/c1-34(2,3)37(33(41)42)35(4,5)22-44-28-13-10-23(11-14-28)32(40)36(17-18-38)31-21-29(43-6)15-16-30(31)26-8-7-25-20-27(39)12-9-24(25)19-26/h9-16,20-21,26,38-39H,7-8,17-19,22H2,1-6H3,(H,41,42)/t26-/m1/s1. The molecule has 0 fully saturated rings. The highest BCUT2D eigenvalue weighted by Crippen LogP contribution is 2.40. The molecule has 1 aliphatic rings. The zero-order valence-electron chi connectivity index (χ0n) is 26.5. The first-order valence-electron chi connectivity index (χ1n) is 14.9. The van der Waals surface area contributed by atoms with Gasteiger partial charge in [-0.05, 0) is 119 Å². The number of benzene rings is 3. The van der Waals surface area contributed by atoms with E-state index < -0.39 is 17.2 Å². The largest absolute Gasteiger partial charge is 0.508 e. The number of aryl methyl sites for hydroxylation is 1. The van der Waals surface area contributed by atoms with E-state index in [2.05, 4.69) is 0 Å². The molecule has 1 aliphatic carbocycles. The minimum Gasteiger partial charge on any atom is -0.508 e. The zero-order valence-corrected chi connectivity index (χ0v) is 26.5. The number of carbonyl (C=O) groups is 2. The number of methoxy groups -OCH3 is 1. The van der Waals surface area contributed by atoms with Gasteiger partial charge in [0.2, 0.25) is 0 Å². The van der Waals surface area contributed by atoms with E-state index in [0.717, 1.165) is 30.4 Å². The first-order valence-corrected chi connectivity index (χ1v) is 14.9. The molecule has 4 rings (SSSR count). The number of carbonyl (C=O) groups excluding carboxylic acids is 1. The molecule has 0 unspecified atom stereocenters. The summed E-state index contributed by atoms with van der Waals surface area (Å²) in [5.41, 5.74) is 3.00. The summed E-state index contributed by atoms with van der Waals surface area (Å²) < 4.78 is 11.5. The van der Waals surface area contributed by atoms with Crippen LogP contribution in [0.25, 0.3) is 0 Å². The van der Waals surface area contributed by atoms with Crippen molar-refractivity contribution >= 4 is 17.7 Å². The van der Waals surface area contributed by atoms with E-state index in [1.54, 1.807) is 42.3 Å². The summed E-state index contributed by atoms with van der Waals surface area (Å²) in [7, 11) is 1.58. The number of carboxylic acid groups (broad SMARTS) is 1. The number of aliphatic hydroxyl groups excluding tert-OH is 1. The Morgan fingerprint density at radius 1 is 0.932 bits per heavy atom. The Balaban J connectivity index is 1.58. The summed E-state index contributed by atoms with van der Waals surface area (Å²) in [6.45, 7) is 9.16. The van der Waals surface area contributed by atoms with Crippen LogP contribution in [0, 0.1) is 0 Å². The van der Waals surface area contributed by atoms with Crippen LogP contribution in [0.4, 0.5) is 10.5 Å². The first kappa shape index (κ1) is 32.7. The van der Waals surface area contributed by atoms with Crippen LogP contribution < -0.4 is 14.4 Å². The van der Waals surface area contributed by atoms with Gasteiger partial charge in [-0.3, -0.25) is 9.69 Å². The molecule has 9 nitrogen and oxygen atoms in total. The monoisotopic (exact) mass is 604 g/mol. The van der Waals surface area contributed by atoms with Crippen molar-refractivity contribution in [1.29, 1.82) is 0 Å². The van der Waals surface area contributed by atoms with Gasteiger partial charge in [-0.2, -0.15) is 0 Å². The predicted octanol–water partition coefficient (Wildman–Crippen LogP) is 6.25. The molecular formula is C35H44N2O7. The molecule has 3 N–H and O–H groups in total. The number of phenols is 1. The van der Waals surface area contributed by atoms with Gasteiger partial charge in [-0.25, -0.2) is 4.79 Å². The summed E-state index contributed by atoms with van der Waals surface area (Å²) in [6, 6.07) is 18.0. The highest BCUT2D eigenvalue weighted by molar-refractivity contribution is 6.06. The summed E-state index contributed by atoms with van der Waals surface area (Å²) in [4.78, 5) is 28.9. The summed E-state index contributed by atoms with van der Waals surface area (Å²) in [6.07, 6.45) is 1.41. The lowest BCUT2D eigenvalue weighted by Gasteiger charge is -2.44. The predicted molar refractivity (Wildman–Crippen MR) is 170 cm³/mol. The van der Waals surface area contributed by atoms with Crippen molar-refractivity contribution in [2.45, 2.75) is 70.9 Å². The quantitative estimate of drug-likeness (QED) is 0.250. The summed E-state index contributed by atoms with van der Waals surface area (Å²) >= 11 is 0. The van der Waals surface area contributed by atoms with Gasteiger partial charge in [0.1, 0.15) is 23.9 Å². The summed E-state index contributed by atoms with van der Waals surface area (Å²) in [5.74, 6) is 1.25. The third-order valence-corrected chi connectivity index (χ3v) is 8.12. The molecule has 0 saturated carbocycles. The Morgan fingerprint density at radius 3 is 2.23 bits per heavy atom. The van der Waals surface area contributed by atoms with E-state index in [0.29, 0.717) is 22.7 Å². The van der Waals surface area contributed by atoms with Crippen molar-refractivity contribution in [2.24, 2.45) is 0 Å². The van der Waals surface area contributed by atoms with Gasteiger partial charge in [-0.15, -0.1) is 0 Å². The van der Waals surface area contributed by atoms with Gasteiger partial charge in [0.15, 0.2) is 0 Å². The van der Waals surface area contributed by atoms with Crippen LogP contribution in [-0.4, -0.2) is 70.2 Å². The molecule has 0 spiro atoms. The Hall–Kier alpha value is -4.24. The average Bonchev–Trinajstić information content (AvgIpc) is 2.97. The van der Waals surface area contributed by atoms with E-state index >= 15 is 0 Å². The smallest absolute Gasteiger partial charge is 0.408 e. The molecule has 44 heavy (non-hydrogen) atoms. The third kappa shape index (κ3) is 7.27. The number of ether oxygens (including phenoxy) is 2. The van der Waals surface area contributed by atoms with Crippen molar-refractivity contribution in [3.05, 3.63) is 82.9 Å². The fourth-order valence-electron chi connectivity index (χ4n) is 6.30. The van der Waals surface area contributed by atoms with Gasteiger partial charge < -0.3 is 29.7 Å². The van der Waals surface area contributed by atoms with Gasteiger partial charge in [-0.1, -0.05) is 12.1 Å². The Morgan fingerprint density at radius 2 is 1.61 bits per heavy atom. The fraction of sp³-hybridized carbons (Fsp3) is 0.429. The Kier molecular flexibility index (Phi) is 9.78. The molecule has 0 radical (unpaired) electrons. The number of fused-ring (bicyclic) bond motifs is 1. The lowest BCUT2D eigenvalue weighted by atomic mass is 9.79. The molecule has 0 aromatic heterocycles. The van der Waals surface area contributed by atoms with Gasteiger partial charge in [0.25, 0.3) is 5.91 Å². The van der Waals surface area contributed by atoms with Crippen LogP contribution in [0.3, 0.4) is 0 Å². The number of rotatable bonds is 10. The Labute approximate surface area is 259 Å². The number of amides is 2. The average molecular weight is 605 g/mol. The maximum absolute atomic E-state index is 13.9. The molecule has 236 valence electrons. The molecule has 0 heterocycles. The number of aliphatic hydroxyl groups is 1. The van der Waals surface area contributed by atoms with Crippen LogP contribution in [0.15, 0.2) is 60.7 Å². The minimum absolute atomic E-state index is 0.0977. The van der Waals surface area contributed by atoms with Crippen molar-refractivity contribution in [3.63, 3.8) is 0 Å². The van der Waals surface area contributed by atoms with E-state index in [1.165, 1.54) is 10.5 Å². The van der Waals surface area contributed by atoms with E-state index in [1.807, 2.05) is 65.0 Å². The fourth-order valence-corrected chi connectivity index (χ4v) is 6.30. The number of hydrogen-bond acceptors (Lipinski definition) is 6. The normalized spacial score (nSPS) is 14.8. The van der Waals surface area contributed by atoms with Gasteiger partial charge in [0.05, 0.1) is 24.9 Å². The second-order valence-electron chi connectivity index (χ2n) is 12.9. The maximum atomic E-state index is 13.9. The SMILES string of the molecule is COc1ccc([C@@H]2CCc3cc(O)ccc3C2)c(N(CCO)C(=O)c2ccc(OCC(C)(C)N(C(=O)O)C(C)(C)C)cc2)c1. The molecule has 0 aliphatic heterocycles. The highest BCUT2D eigenvalue weighted by atomic mass is 16.5.